The van der Waals surface area contributed by atoms with Gasteiger partial charge < -0.3 is 45.5 Å². The van der Waals surface area contributed by atoms with Gasteiger partial charge in [-0.3, -0.25) is 39.3 Å². The number of aliphatic imine (C=N–C) groups is 3. The summed E-state index contributed by atoms with van der Waals surface area (Å²) in [6.07, 6.45) is 5.02. The van der Waals surface area contributed by atoms with Gasteiger partial charge in [0.1, 0.15) is 54.1 Å². The smallest absolute Gasteiger partial charge is 0.338 e. The molecule has 0 radical (unpaired) electrons. The topological polar surface area (TPSA) is 312 Å². The van der Waals surface area contributed by atoms with E-state index in [1.807, 2.05) is 9.80 Å². The average molecular weight is 1690 g/mol. The number of nitrogens with zero attached hydrogens (tertiary/aromatic N) is 9. The zero-order valence-corrected chi connectivity index (χ0v) is 63.7. The van der Waals surface area contributed by atoms with Gasteiger partial charge in [0.2, 0.25) is 0 Å². The van der Waals surface area contributed by atoms with E-state index in [0.717, 1.165) is 12.1 Å². The summed E-state index contributed by atoms with van der Waals surface area (Å²) in [7, 11) is 0. The third-order valence-electron chi connectivity index (χ3n) is 17.6. The van der Waals surface area contributed by atoms with Crippen LogP contribution in [0, 0.1) is 17.5 Å². The minimum atomic E-state index is -1.24. The highest BCUT2D eigenvalue weighted by Gasteiger charge is 2.45. The van der Waals surface area contributed by atoms with E-state index in [9.17, 15) is 55.1 Å². The molecule has 36 heteroatoms. The van der Waals surface area contributed by atoms with E-state index >= 15 is 0 Å². The number of thiazole rings is 3. The fourth-order valence-electron chi connectivity index (χ4n) is 12.6. The van der Waals surface area contributed by atoms with Crippen LogP contribution in [0.1, 0.15) is 109 Å². The minimum absolute atomic E-state index is 0.0341. The van der Waals surface area contributed by atoms with Crippen LogP contribution >= 0.6 is 77.5 Å². The lowest BCUT2D eigenvalue weighted by Gasteiger charge is -2.45. The molecule has 9 atom stereocenters. The molecule has 6 N–H and O–H groups in total. The molecular formula is C71H71Br2ClF6N12O12S3. The molecule has 568 valence electrons. The Kier molecular flexibility index (Phi) is 28.4. The average Bonchev–Trinajstić information content (AvgIpc) is 1.49. The van der Waals surface area contributed by atoms with Crippen molar-refractivity contribution >= 4 is 131 Å². The van der Waals surface area contributed by atoms with E-state index < -0.39 is 108 Å². The maximum Gasteiger partial charge on any atom is 0.338 e. The molecule has 24 nitrogen and oxygen atoms in total. The number of hydrogen-bond acceptors (Lipinski definition) is 24. The normalized spacial score (nSPS) is 22.2. The molecule has 6 aliphatic heterocycles. The molecule has 0 amide bonds. The Morgan fingerprint density at radius 3 is 1.21 bits per heavy atom. The summed E-state index contributed by atoms with van der Waals surface area (Å²) in [5.41, 5.74) is 3.52. The number of likely N-dealkylation sites (tertiary alicyclic amines) is 3. The number of hydrogen-bond donors (Lipinski definition) is 6. The molecule has 3 fully saturated rings. The van der Waals surface area contributed by atoms with Crippen molar-refractivity contribution in [2.24, 2.45) is 15.0 Å². The fraction of sp³-hybridized carbons (Fsp3) is 0.380. The van der Waals surface area contributed by atoms with Gasteiger partial charge in [0.05, 0.1) is 42.6 Å². The number of amidine groups is 3. The molecule has 107 heavy (non-hydrogen) atoms. The zero-order valence-electron chi connectivity index (χ0n) is 57.3. The molecule has 0 bridgehead atoms. The van der Waals surface area contributed by atoms with Crippen LogP contribution in [-0.4, -0.2) is 194 Å². The quantitative estimate of drug-likeness (QED) is 0.0115. The number of rotatable bonds is 28. The van der Waals surface area contributed by atoms with Crippen molar-refractivity contribution in [3.63, 3.8) is 0 Å². The predicted octanol–water partition coefficient (Wildman–Crippen LogP) is 12.0. The molecule has 12 rings (SSSR count). The third kappa shape index (κ3) is 20.2. The highest BCUT2D eigenvalue weighted by molar-refractivity contribution is 9.10. The molecule has 3 saturated heterocycles. The largest absolute Gasteiger partial charge is 0.481 e. The molecule has 6 aliphatic rings. The van der Waals surface area contributed by atoms with Crippen molar-refractivity contribution in [2.75, 3.05) is 59.1 Å². The monoisotopic (exact) mass is 1690 g/mol. The Labute approximate surface area is 643 Å². The maximum absolute atomic E-state index is 14.4. The SMILES string of the molecule is CCOC(=O)C1=C(CN2CC(F)C2/C=C/C(=O)O)NC(c2nccs2)=NC1c1ccc(F)cc1Br.CCOC(=O)C1=C(CN2CC(F)C2CCCC(=O)O)NC(c2nccs2)=NC1c1ccc(F)cc1Br.CCOC(=O)C1=C(CN2CC(F)C2CCCC(=O)O)NC(c2nccs2)=NC1c1ccc(F)cc1Cl. The molecule has 0 spiro atoms. The Balaban J connectivity index is 0.000000172. The van der Waals surface area contributed by atoms with Gasteiger partial charge in [-0.15, -0.1) is 34.0 Å². The van der Waals surface area contributed by atoms with Crippen LogP contribution in [0.2, 0.25) is 5.02 Å². The lowest BCUT2D eigenvalue weighted by atomic mass is 9.92. The van der Waals surface area contributed by atoms with Gasteiger partial charge in [-0.25, -0.2) is 60.5 Å². The van der Waals surface area contributed by atoms with E-state index in [4.69, 9.17) is 56.1 Å². The van der Waals surface area contributed by atoms with E-state index in [1.165, 1.54) is 82.6 Å². The summed E-state index contributed by atoms with van der Waals surface area (Å²) in [4.78, 5) is 105. The Bertz CT molecular complexity index is 4300. The molecule has 9 heterocycles. The number of nitrogens with one attached hydrogen (secondary N) is 3. The van der Waals surface area contributed by atoms with Gasteiger partial charge in [0.25, 0.3) is 0 Å². The van der Waals surface area contributed by atoms with E-state index in [1.54, 1.807) is 66.5 Å². The number of esters is 3. The molecule has 6 aromatic rings. The van der Waals surface area contributed by atoms with Crippen molar-refractivity contribution in [3.8, 4) is 0 Å². The van der Waals surface area contributed by atoms with Gasteiger partial charge in [0, 0.05) is 142 Å². The Morgan fingerprint density at radius 1 is 0.542 bits per heavy atom. The number of carboxylic acid groups (broad SMARTS) is 3. The molecule has 3 aromatic heterocycles. The summed E-state index contributed by atoms with van der Waals surface area (Å²) in [5.74, 6) is -5.02. The fourth-order valence-corrected chi connectivity index (χ4v) is 15.8. The van der Waals surface area contributed by atoms with Gasteiger partial charge in [-0.2, -0.15) is 0 Å². The van der Waals surface area contributed by atoms with Crippen molar-refractivity contribution < 1.29 is 84.6 Å². The molecule has 0 saturated carbocycles. The number of ether oxygens (including phenoxy) is 3. The Morgan fingerprint density at radius 2 is 0.897 bits per heavy atom. The first kappa shape index (κ1) is 81.0. The second-order valence-electron chi connectivity index (χ2n) is 24.6. The highest BCUT2D eigenvalue weighted by atomic mass is 79.9. The molecule has 0 aliphatic carbocycles. The number of carbonyl (C=O) groups excluding carboxylic acids is 3. The van der Waals surface area contributed by atoms with Crippen LogP contribution in [0.25, 0.3) is 0 Å². The number of aromatic nitrogens is 3. The number of aliphatic carboxylic acids is 3. The predicted molar refractivity (Wildman–Crippen MR) is 395 cm³/mol. The highest BCUT2D eigenvalue weighted by Crippen LogP contribution is 2.42. The number of halogens is 9. The van der Waals surface area contributed by atoms with Crippen LogP contribution in [0.5, 0.6) is 0 Å². The first-order valence-electron chi connectivity index (χ1n) is 33.6. The number of benzene rings is 3. The van der Waals surface area contributed by atoms with Gasteiger partial charge in [-0.1, -0.05) is 67.7 Å². The zero-order chi connectivity index (χ0) is 76.8. The second kappa shape index (κ2) is 37.5. The summed E-state index contributed by atoms with van der Waals surface area (Å²) in [5, 5.41) is 43.6. The van der Waals surface area contributed by atoms with Crippen molar-refractivity contribution in [1.82, 2.24) is 45.6 Å². The summed E-state index contributed by atoms with van der Waals surface area (Å²) < 4.78 is 101. The number of alkyl halides is 3. The van der Waals surface area contributed by atoms with Crippen LogP contribution < -0.4 is 16.0 Å². The van der Waals surface area contributed by atoms with Gasteiger partial charge in [-0.05, 0) is 94.0 Å². The Hall–Kier alpha value is -8.55. The summed E-state index contributed by atoms with van der Waals surface area (Å²) in [6, 6.07) is 7.87. The molecule has 3 aromatic carbocycles. The number of carbonyl (C=O) groups is 6. The third-order valence-corrected chi connectivity index (χ3v) is 21.7. The minimum Gasteiger partial charge on any atom is -0.481 e. The van der Waals surface area contributed by atoms with Crippen LogP contribution in [0.15, 0.2) is 159 Å². The number of carboxylic acids is 3. The van der Waals surface area contributed by atoms with Crippen LogP contribution in [0.3, 0.4) is 0 Å². The molecular weight excluding hydrogens is 1620 g/mol. The summed E-state index contributed by atoms with van der Waals surface area (Å²) in [6.45, 7) is 6.28. The van der Waals surface area contributed by atoms with Crippen LogP contribution in [-0.2, 0) is 43.0 Å². The standard InChI is InChI=1S/C24H25BrF2N4O4S.C24H25ClF2N4O4S.C23H21BrF2N4O4S/c2*1-2-35-24(34)20-17(12-31-11-16(27)18(31)4-3-5-19(32)33)29-22(23-28-8-9-36-23)30-21(20)14-7-6-13(26)10-15(14)25;1-2-34-23(33)19-16(11-30-10-15(26)17(30)5-6-18(31)32)28-21(22-27-7-8-35-22)29-20(19)13-4-3-12(25)9-14(13)24/h2*6-10,16,18,21H,2-5,11-12H2,1H3,(H,29,30)(H,32,33);3-9,15,17,20H,2,10-11H2,1H3,(H,28,29)(H,31,32)/b;;6-5+. The van der Waals surface area contributed by atoms with E-state index in [0.29, 0.717) is 101 Å². The van der Waals surface area contributed by atoms with Crippen molar-refractivity contribution in [1.29, 1.82) is 0 Å². The van der Waals surface area contributed by atoms with E-state index in [2.05, 4.69) is 62.8 Å². The first-order chi connectivity index (χ1) is 51.3. The molecule has 9 unspecified atom stereocenters. The second-order valence-corrected chi connectivity index (χ2v) is 29.4. The summed E-state index contributed by atoms with van der Waals surface area (Å²) >= 11 is 17.2. The van der Waals surface area contributed by atoms with E-state index in [-0.39, 0.29) is 93.7 Å². The van der Waals surface area contributed by atoms with Crippen LogP contribution in [0.4, 0.5) is 26.3 Å². The van der Waals surface area contributed by atoms with Crippen molar-refractivity contribution in [2.45, 2.75) is 114 Å². The van der Waals surface area contributed by atoms with Gasteiger partial charge >= 0.3 is 35.8 Å². The first-order valence-corrected chi connectivity index (χ1v) is 38.2. The lowest BCUT2D eigenvalue weighted by molar-refractivity contribution is -0.140. The van der Waals surface area contributed by atoms with Crippen molar-refractivity contribution in [3.05, 3.63) is 198 Å². The maximum atomic E-state index is 14.4. The van der Waals surface area contributed by atoms with Gasteiger partial charge in [0.15, 0.2) is 32.5 Å². The lowest BCUT2D eigenvalue weighted by Crippen LogP contribution is -2.59.